The highest BCUT2D eigenvalue weighted by Crippen LogP contribution is 2.55. The van der Waals surface area contributed by atoms with Gasteiger partial charge in [-0.2, -0.15) is 0 Å². The molecular formula is C25H29BrO2P+. The summed E-state index contributed by atoms with van der Waals surface area (Å²) in [5.74, 6) is -0.695. The van der Waals surface area contributed by atoms with Crippen LogP contribution in [0.1, 0.15) is 32.1 Å². The van der Waals surface area contributed by atoms with Gasteiger partial charge in [-0.25, -0.2) is 0 Å². The fourth-order valence-corrected chi connectivity index (χ4v) is 8.27. The van der Waals surface area contributed by atoms with Crippen LogP contribution in [0.5, 0.6) is 0 Å². The lowest BCUT2D eigenvalue weighted by molar-refractivity contribution is -0.137. The second-order valence-corrected chi connectivity index (χ2v) is 10.7. The molecule has 0 aliphatic carbocycles. The van der Waals surface area contributed by atoms with E-state index < -0.39 is 13.2 Å². The summed E-state index contributed by atoms with van der Waals surface area (Å²) in [5.41, 5.74) is 0. The quantitative estimate of drug-likeness (QED) is 0.309. The van der Waals surface area contributed by atoms with E-state index in [-0.39, 0.29) is 23.4 Å². The fraction of sp³-hybridized carbons (Fsp3) is 0.240. The summed E-state index contributed by atoms with van der Waals surface area (Å²) in [6, 6.07) is 32.8. The number of carboxylic acid groups (broad SMARTS) is 1. The zero-order valence-corrected chi connectivity index (χ0v) is 19.2. The van der Waals surface area contributed by atoms with Crippen molar-refractivity contribution in [1.29, 1.82) is 0 Å². The minimum atomic E-state index is -1.74. The summed E-state index contributed by atoms with van der Waals surface area (Å²) in [6.07, 6.45) is 5.30. The number of rotatable bonds is 10. The first-order chi connectivity index (χ1) is 13.7. The second kappa shape index (κ2) is 11.9. The summed E-state index contributed by atoms with van der Waals surface area (Å²) < 4.78 is 0. The summed E-state index contributed by atoms with van der Waals surface area (Å²) in [7, 11) is -1.74. The van der Waals surface area contributed by atoms with E-state index in [1.165, 1.54) is 15.9 Å². The summed E-state index contributed by atoms with van der Waals surface area (Å²) in [6.45, 7) is 0. The maximum atomic E-state index is 10.8. The Kier molecular flexibility index (Phi) is 9.57. The van der Waals surface area contributed by atoms with Crippen molar-refractivity contribution in [3.05, 3.63) is 91.0 Å². The normalized spacial score (nSPS) is 10.9. The smallest absolute Gasteiger partial charge is 0.303 e. The molecule has 1 N–H and O–H groups in total. The third-order valence-corrected chi connectivity index (χ3v) is 9.75. The Bertz CT molecular complexity index is 757. The average molecular weight is 472 g/mol. The highest BCUT2D eigenvalue weighted by molar-refractivity contribution is 8.93. The van der Waals surface area contributed by atoms with Crippen LogP contribution in [0, 0.1) is 0 Å². The Morgan fingerprint density at radius 3 is 1.38 bits per heavy atom. The zero-order chi connectivity index (χ0) is 19.7. The maximum Gasteiger partial charge on any atom is 0.303 e. The Hall–Kier alpha value is -1.96. The number of halogens is 1. The SMILES string of the molecule is Br.O=C(O)CCCCCC[P+](c1ccccc1)(c1ccccc1)c1ccccc1. The van der Waals surface area contributed by atoms with E-state index in [1.807, 2.05) is 0 Å². The molecule has 0 aromatic heterocycles. The largest absolute Gasteiger partial charge is 0.481 e. The molecule has 3 aromatic carbocycles. The van der Waals surface area contributed by atoms with Gasteiger partial charge in [-0.1, -0.05) is 61.0 Å². The Morgan fingerprint density at radius 2 is 1.00 bits per heavy atom. The summed E-state index contributed by atoms with van der Waals surface area (Å²) in [5, 5.41) is 13.1. The molecule has 0 amide bonds. The number of carboxylic acids is 1. The van der Waals surface area contributed by atoms with Gasteiger partial charge in [0.2, 0.25) is 0 Å². The highest BCUT2D eigenvalue weighted by atomic mass is 79.9. The lowest BCUT2D eigenvalue weighted by Gasteiger charge is -2.27. The molecule has 0 saturated carbocycles. The van der Waals surface area contributed by atoms with Crippen molar-refractivity contribution in [1.82, 2.24) is 0 Å². The van der Waals surface area contributed by atoms with Crippen LogP contribution in [0.2, 0.25) is 0 Å². The van der Waals surface area contributed by atoms with Gasteiger partial charge >= 0.3 is 5.97 Å². The molecule has 0 aliphatic heterocycles. The third-order valence-electron chi connectivity index (χ3n) is 5.23. The first kappa shape index (κ1) is 23.3. The zero-order valence-electron chi connectivity index (χ0n) is 16.6. The second-order valence-electron chi connectivity index (χ2n) is 7.10. The third kappa shape index (κ3) is 6.01. The van der Waals surface area contributed by atoms with E-state index in [0.29, 0.717) is 0 Å². The van der Waals surface area contributed by atoms with Crippen molar-refractivity contribution >= 4 is 46.1 Å². The first-order valence-corrected chi connectivity index (χ1v) is 12.0. The van der Waals surface area contributed by atoms with Gasteiger partial charge in [0.25, 0.3) is 0 Å². The number of hydrogen-bond acceptors (Lipinski definition) is 1. The molecule has 0 radical (unpaired) electrons. The molecule has 152 valence electrons. The van der Waals surface area contributed by atoms with Crippen molar-refractivity contribution < 1.29 is 9.90 Å². The molecule has 0 spiro atoms. The number of benzene rings is 3. The minimum absolute atomic E-state index is 0. The van der Waals surface area contributed by atoms with Crippen molar-refractivity contribution in [2.24, 2.45) is 0 Å². The Labute approximate surface area is 185 Å². The van der Waals surface area contributed by atoms with Gasteiger partial charge in [-0.05, 0) is 55.7 Å². The monoisotopic (exact) mass is 471 g/mol. The molecule has 4 heteroatoms. The highest BCUT2D eigenvalue weighted by Gasteiger charge is 2.44. The van der Waals surface area contributed by atoms with Crippen LogP contribution >= 0.6 is 24.2 Å². The summed E-state index contributed by atoms with van der Waals surface area (Å²) in [4.78, 5) is 10.8. The molecule has 2 nitrogen and oxygen atoms in total. The van der Waals surface area contributed by atoms with E-state index in [9.17, 15) is 4.79 Å². The molecule has 0 atom stereocenters. The maximum absolute atomic E-state index is 10.8. The molecule has 0 aliphatic rings. The van der Waals surface area contributed by atoms with Gasteiger partial charge in [0, 0.05) is 6.42 Å². The Morgan fingerprint density at radius 1 is 0.621 bits per heavy atom. The predicted molar refractivity (Wildman–Crippen MR) is 131 cm³/mol. The van der Waals surface area contributed by atoms with E-state index in [0.717, 1.165) is 31.8 Å². The molecular weight excluding hydrogens is 443 g/mol. The van der Waals surface area contributed by atoms with Gasteiger partial charge < -0.3 is 5.11 Å². The lowest BCUT2D eigenvalue weighted by atomic mass is 10.2. The van der Waals surface area contributed by atoms with Crippen molar-refractivity contribution in [2.75, 3.05) is 6.16 Å². The van der Waals surface area contributed by atoms with E-state index in [2.05, 4.69) is 91.0 Å². The first-order valence-electron chi connectivity index (χ1n) is 10.0. The predicted octanol–water partition coefficient (Wildman–Crippen LogP) is 5.59. The van der Waals surface area contributed by atoms with E-state index in [1.54, 1.807) is 0 Å². The minimum Gasteiger partial charge on any atom is -0.481 e. The molecule has 0 fully saturated rings. The van der Waals surface area contributed by atoms with Gasteiger partial charge in [0.05, 0.1) is 6.16 Å². The molecule has 0 heterocycles. The standard InChI is InChI=1S/C25H27O2P.BrH/c26-25(27)20-12-1-2-13-21-28(22-14-6-3-7-15-22,23-16-8-4-9-17-23)24-18-10-5-11-19-24;/h3-11,14-19H,1-2,12-13,20-21H2;1H/p+1. The van der Waals surface area contributed by atoms with E-state index in [4.69, 9.17) is 5.11 Å². The van der Waals surface area contributed by atoms with E-state index >= 15 is 0 Å². The number of aliphatic carboxylic acids is 1. The van der Waals surface area contributed by atoms with Crippen LogP contribution in [0.3, 0.4) is 0 Å². The van der Waals surface area contributed by atoms with Crippen LogP contribution in [-0.2, 0) is 4.79 Å². The van der Waals surface area contributed by atoms with Gasteiger partial charge in [0.1, 0.15) is 23.2 Å². The number of carbonyl (C=O) groups is 1. The number of hydrogen-bond donors (Lipinski definition) is 1. The average Bonchev–Trinajstić information content (AvgIpc) is 2.75. The van der Waals surface area contributed by atoms with Crippen molar-refractivity contribution in [2.45, 2.75) is 32.1 Å². The molecule has 0 unspecified atom stereocenters. The van der Waals surface area contributed by atoms with Crippen molar-refractivity contribution in [3.63, 3.8) is 0 Å². The van der Waals surface area contributed by atoms with Crippen molar-refractivity contribution in [3.8, 4) is 0 Å². The van der Waals surface area contributed by atoms with Crippen LogP contribution in [-0.4, -0.2) is 17.2 Å². The topological polar surface area (TPSA) is 37.3 Å². The molecule has 0 saturated heterocycles. The Balaban J connectivity index is 0.00000300. The molecule has 3 rings (SSSR count). The van der Waals surface area contributed by atoms with Crippen LogP contribution in [0.15, 0.2) is 91.0 Å². The van der Waals surface area contributed by atoms with Crippen LogP contribution < -0.4 is 15.9 Å². The molecule has 29 heavy (non-hydrogen) atoms. The van der Waals surface area contributed by atoms with Gasteiger partial charge in [0.15, 0.2) is 0 Å². The number of unbranched alkanes of at least 4 members (excludes halogenated alkanes) is 3. The molecule has 0 bridgehead atoms. The van der Waals surface area contributed by atoms with Gasteiger partial charge in [-0.3, -0.25) is 4.79 Å². The summed E-state index contributed by atoms with van der Waals surface area (Å²) >= 11 is 0. The molecule has 3 aromatic rings. The van der Waals surface area contributed by atoms with Crippen LogP contribution in [0.25, 0.3) is 0 Å². The van der Waals surface area contributed by atoms with Crippen LogP contribution in [0.4, 0.5) is 0 Å². The van der Waals surface area contributed by atoms with Gasteiger partial charge in [-0.15, -0.1) is 17.0 Å². The fourth-order valence-electron chi connectivity index (χ4n) is 3.86. The lowest BCUT2D eigenvalue weighted by Crippen LogP contribution is -2.33.